The maximum absolute atomic E-state index is 10.7. The molecule has 0 saturated carbocycles. The maximum Gasteiger partial charge on any atom is 0.358 e. The number of hydrogen-bond acceptors (Lipinski definition) is 6. The number of benzene rings is 1. The number of rotatable bonds is 4. The molecule has 21 heavy (non-hydrogen) atoms. The van der Waals surface area contributed by atoms with E-state index >= 15 is 0 Å². The third kappa shape index (κ3) is 3.30. The Hall–Kier alpha value is -2.15. The maximum atomic E-state index is 10.7. The normalized spacial score (nSPS) is 13.7. The number of carboxylic acid groups (broad SMARTS) is 1. The van der Waals surface area contributed by atoms with Crippen LogP contribution in [0.25, 0.3) is 0 Å². The molecular formula is C14H13NO5S. The van der Waals surface area contributed by atoms with E-state index in [4.69, 9.17) is 19.1 Å². The molecule has 0 unspecified atom stereocenters. The minimum atomic E-state index is -1.09. The SMILES string of the molecule is O=C(O)c1cc(CSc2ccc3c(c2)OCCCO3)on1. The highest BCUT2D eigenvalue weighted by atomic mass is 32.2. The molecule has 0 spiro atoms. The fraction of sp³-hybridized carbons (Fsp3) is 0.286. The summed E-state index contributed by atoms with van der Waals surface area (Å²) < 4.78 is 16.2. The van der Waals surface area contributed by atoms with E-state index in [9.17, 15) is 4.79 Å². The van der Waals surface area contributed by atoms with Crippen LogP contribution in [-0.2, 0) is 5.75 Å². The lowest BCUT2D eigenvalue weighted by Gasteiger charge is -2.08. The van der Waals surface area contributed by atoms with Crippen LogP contribution in [0.15, 0.2) is 33.7 Å². The van der Waals surface area contributed by atoms with Gasteiger partial charge in [0.15, 0.2) is 17.2 Å². The average Bonchev–Trinajstić information content (AvgIpc) is 2.84. The van der Waals surface area contributed by atoms with Crippen LogP contribution >= 0.6 is 11.8 Å². The van der Waals surface area contributed by atoms with Crippen LogP contribution in [0.3, 0.4) is 0 Å². The fourth-order valence-corrected chi connectivity index (χ4v) is 2.67. The highest BCUT2D eigenvalue weighted by Gasteiger charge is 2.13. The number of fused-ring (bicyclic) bond motifs is 1. The minimum absolute atomic E-state index is 0.0794. The Labute approximate surface area is 125 Å². The van der Waals surface area contributed by atoms with Crippen LogP contribution in [0.4, 0.5) is 0 Å². The van der Waals surface area contributed by atoms with Crippen molar-refractivity contribution < 1.29 is 23.9 Å². The van der Waals surface area contributed by atoms with Gasteiger partial charge in [-0.3, -0.25) is 0 Å². The number of aromatic nitrogens is 1. The summed E-state index contributed by atoms with van der Waals surface area (Å²) in [5.74, 6) is 1.42. The third-order valence-electron chi connectivity index (χ3n) is 2.88. The second-order valence-corrected chi connectivity index (χ2v) is 5.48. The fourth-order valence-electron chi connectivity index (χ4n) is 1.87. The smallest absolute Gasteiger partial charge is 0.358 e. The average molecular weight is 307 g/mol. The Bertz CT molecular complexity index is 655. The molecule has 1 aromatic carbocycles. The van der Waals surface area contributed by atoms with Gasteiger partial charge in [0.25, 0.3) is 0 Å². The van der Waals surface area contributed by atoms with Gasteiger partial charge in [0.1, 0.15) is 5.76 Å². The Balaban J connectivity index is 1.67. The van der Waals surface area contributed by atoms with E-state index in [0.29, 0.717) is 24.7 Å². The standard InChI is InChI=1S/C14H13NO5S/c16-14(17)11-6-9(20-15-11)8-21-10-2-3-12-13(7-10)19-5-1-4-18-12/h2-3,6-7H,1,4-5,8H2,(H,16,17). The lowest BCUT2D eigenvalue weighted by molar-refractivity contribution is 0.0685. The molecule has 2 heterocycles. The summed E-state index contributed by atoms with van der Waals surface area (Å²) in [6.45, 7) is 1.31. The molecule has 1 N–H and O–H groups in total. The van der Waals surface area contributed by atoms with Crippen molar-refractivity contribution in [2.45, 2.75) is 17.1 Å². The molecule has 0 bridgehead atoms. The number of carbonyl (C=O) groups is 1. The molecule has 0 radical (unpaired) electrons. The van der Waals surface area contributed by atoms with Crippen molar-refractivity contribution in [3.63, 3.8) is 0 Å². The topological polar surface area (TPSA) is 81.8 Å². The van der Waals surface area contributed by atoms with Gasteiger partial charge in [-0.1, -0.05) is 5.16 Å². The molecule has 0 saturated heterocycles. The van der Waals surface area contributed by atoms with E-state index in [-0.39, 0.29) is 5.69 Å². The molecule has 1 aliphatic rings. The highest BCUT2D eigenvalue weighted by Crippen LogP contribution is 2.34. The van der Waals surface area contributed by atoms with Crippen molar-refractivity contribution >= 4 is 17.7 Å². The van der Waals surface area contributed by atoms with Crippen LogP contribution < -0.4 is 9.47 Å². The molecular weight excluding hydrogens is 294 g/mol. The van der Waals surface area contributed by atoms with Crippen molar-refractivity contribution in [3.05, 3.63) is 35.7 Å². The van der Waals surface area contributed by atoms with Gasteiger partial charge in [-0.2, -0.15) is 0 Å². The third-order valence-corrected chi connectivity index (χ3v) is 3.89. The molecule has 1 aromatic heterocycles. The minimum Gasteiger partial charge on any atom is -0.490 e. The second-order valence-electron chi connectivity index (χ2n) is 4.43. The molecule has 7 heteroatoms. The Morgan fingerprint density at radius 1 is 1.24 bits per heavy atom. The summed E-state index contributed by atoms with van der Waals surface area (Å²) in [6, 6.07) is 7.16. The van der Waals surface area contributed by atoms with E-state index in [1.807, 2.05) is 18.2 Å². The van der Waals surface area contributed by atoms with Crippen molar-refractivity contribution in [3.8, 4) is 11.5 Å². The summed E-state index contributed by atoms with van der Waals surface area (Å²) in [5, 5.41) is 12.3. The molecule has 0 amide bonds. The largest absolute Gasteiger partial charge is 0.490 e. The predicted octanol–water partition coefficient (Wildman–Crippen LogP) is 2.83. The molecule has 0 aliphatic carbocycles. The number of ether oxygens (including phenoxy) is 2. The van der Waals surface area contributed by atoms with Crippen molar-refractivity contribution in [1.29, 1.82) is 0 Å². The summed E-state index contributed by atoms with van der Waals surface area (Å²) in [4.78, 5) is 11.7. The van der Waals surface area contributed by atoms with Crippen molar-refractivity contribution in [2.24, 2.45) is 0 Å². The Morgan fingerprint density at radius 3 is 2.81 bits per heavy atom. The van der Waals surface area contributed by atoms with Crippen LogP contribution in [-0.4, -0.2) is 29.4 Å². The van der Waals surface area contributed by atoms with Gasteiger partial charge in [-0.05, 0) is 18.2 Å². The molecule has 2 aromatic rings. The number of hydrogen-bond donors (Lipinski definition) is 1. The van der Waals surface area contributed by atoms with Crippen LogP contribution in [0.5, 0.6) is 11.5 Å². The molecule has 0 fully saturated rings. The predicted molar refractivity (Wildman–Crippen MR) is 75.1 cm³/mol. The first-order valence-corrected chi connectivity index (χ1v) is 7.42. The van der Waals surface area contributed by atoms with E-state index in [0.717, 1.165) is 22.8 Å². The summed E-state index contributed by atoms with van der Waals surface area (Å²) in [6.07, 6.45) is 0.868. The van der Waals surface area contributed by atoms with Crippen LogP contribution in [0.1, 0.15) is 22.7 Å². The number of aromatic carboxylic acids is 1. The lowest BCUT2D eigenvalue weighted by atomic mass is 10.3. The van der Waals surface area contributed by atoms with Gasteiger partial charge in [0.2, 0.25) is 0 Å². The van der Waals surface area contributed by atoms with Crippen LogP contribution in [0.2, 0.25) is 0 Å². The second kappa shape index (κ2) is 6.09. The highest BCUT2D eigenvalue weighted by molar-refractivity contribution is 7.98. The zero-order valence-electron chi connectivity index (χ0n) is 11.1. The molecule has 3 rings (SSSR count). The van der Waals surface area contributed by atoms with Gasteiger partial charge in [-0.15, -0.1) is 11.8 Å². The van der Waals surface area contributed by atoms with Gasteiger partial charge >= 0.3 is 5.97 Å². The van der Waals surface area contributed by atoms with Crippen LogP contribution in [0, 0.1) is 0 Å². The first-order valence-electron chi connectivity index (χ1n) is 6.44. The first-order chi connectivity index (χ1) is 10.2. The molecule has 1 aliphatic heterocycles. The van der Waals surface area contributed by atoms with Crippen molar-refractivity contribution in [1.82, 2.24) is 5.16 Å². The van der Waals surface area contributed by atoms with Crippen molar-refractivity contribution in [2.75, 3.05) is 13.2 Å². The Kier molecular flexibility index (Phi) is 4.01. The van der Waals surface area contributed by atoms with E-state index in [2.05, 4.69) is 5.16 Å². The lowest BCUT2D eigenvalue weighted by Crippen LogP contribution is -1.97. The zero-order chi connectivity index (χ0) is 14.7. The van der Waals surface area contributed by atoms with Gasteiger partial charge < -0.3 is 19.1 Å². The van der Waals surface area contributed by atoms with E-state index < -0.39 is 5.97 Å². The number of carboxylic acids is 1. The molecule has 0 atom stereocenters. The van der Waals surface area contributed by atoms with E-state index in [1.54, 1.807) is 0 Å². The van der Waals surface area contributed by atoms with E-state index in [1.165, 1.54) is 17.8 Å². The van der Waals surface area contributed by atoms with Gasteiger partial charge in [0, 0.05) is 17.4 Å². The molecule has 110 valence electrons. The number of nitrogens with zero attached hydrogens (tertiary/aromatic N) is 1. The Morgan fingerprint density at radius 2 is 2.05 bits per heavy atom. The van der Waals surface area contributed by atoms with Gasteiger partial charge in [-0.25, -0.2) is 4.79 Å². The summed E-state index contributed by atoms with van der Waals surface area (Å²) in [7, 11) is 0. The first kappa shape index (κ1) is 13.8. The monoisotopic (exact) mass is 307 g/mol. The quantitative estimate of drug-likeness (QED) is 0.870. The number of thioether (sulfide) groups is 1. The zero-order valence-corrected chi connectivity index (χ0v) is 11.9. The summed E-state index contributed by atoms with van der Waals surface area (Å²) in [5.41, 5.74) is -0.0794. The van der Waals surface area contributed by atoms with Gasteiger partial charge in [0.05, 0.1) is 19.0 Å². The summed E-state index contributed by atoms with van der Waals surface area (Å²) >= 11 is 1.52. The molecule has 6 nitrogen and oxygen atoms in total.